The van der Waals surface area contributed by atoms with Crippen LogP contribution in [-0.4, -0.2) is 41.7 Å². The molecular formula is C18H27ClN2OS. The maximum atomic E-state index is 13.3. The summed E-state index contributed by atoms with van der Waals surface area (Å²) in [4.78, 5) is 16.6. The molecule has 1 unspecified atom stereocenters. The zero-order valence-electron chi connectivity index (χ0n) is 13.8. The summed E-state index contributed by atoms with van der Waals surface area (Å²) < 4.78 is -0.225. The summed E-state index contributed by atoms with van der Waals surface area (Å²) in [6.45, 7) is 1.79. The van der Waals surface area contributed by atoms with E-state index >= 15 is 0 Å². The average Bonchev–Trinajstić information content (AvgIpc) is 3.05. The topological polar surface area (TPSA) is 32.3 Å². The smallest absolute Gasteiger partial charge is 0.239 e. The predicted octanol–water partition coefficient (Wildman–Crippen LogP) is 3.72. The number of hydrogen-bond acceptors (Lipinski definition) is 3. The number of carbonyl (C=O) groups excluding carboxylic acids is 1. The molecule has 1 aromatic rings. The summed E-state index contributed by atoms with van der Waals surface area (Å²) >= 11 is 1.80. The molecule has 0 radical (unpaired) electrons. The van der Waals surface area contributed by atoms with Crippen LogP contribution < -0.4 is 5.32 Å². The van der Waals surface area contributed by atoms with Crippen molar-refractivity contribution < 1.29 is 4.79 Å². The lowest BCUT2D eigenvalue weighted by atomic mass is 10.0. The molecular weight excluding hydrogens is 328 g/mol. The first-order chi connectivity index (χ1) is 10.7. The van der Waals surface area contributed by atoms with Crippen LogP contribution in [0.4, 0.5) is 0 Å². The normalized spacial score (nSPS) is 23.3. The van der Waals surface area contributed by atoms with E-state index in [0.29, 0.717) is 11.9 Å². The third-order valence-corrected chi connectivity index (χ3v) is 6.46. The Kier molecular flexibility index (Phi) is 6.81. The summed E-state index contributed by atoms with van der Waals surface area (Å²) in [6, 6.07) is 10.9. The molecule has 2 aliphatic rings. The van der Waals surface area contributed by atoms with Crippen molar-refractivity contribution in [1.29, 1.82) is 0 Å². The minimum Gasteiger partial charge on any atom is -0.340 e. The lowest BCUT2D eigenvalue weighted by molar-refractivity contribution is -0.135. The van der Waals surface area contributed by atoms with E-state index in [1.165, 1.54) is 24.2 Å². The number of carbonyl (C=O) groups is 1. The molecule has 23 heavy (non-hydrogen) atoms. The molecule has 0 aromatic heterocycles. The van der Waals surface area contributed by atoms with Gasteiger partial charge in [0.2, 0.25) is 5.91 Å². The SMILES string of the molecule is CNC1CCCN(C(=O)C2(Sc3ccccc3)CCCC2)C1.Cl. The van der Waals surface area contributed by atoms with Gasteiger partial charge in [-0.3, -0.25) is 4.79 Å². The van der Waals surface area contributed by atoms with E-state index in [9.17, 15) is 4.79 Å². The molecule has 1 N–H and O–H groups in total. The van der Waals surface area contributed by atoms with Crippen molar-refractivity contribution in [2.75, 3.05) is 20.1 Å². The van der Waals surface area contributed by atoms with Gasteiger partial charge in [-0.15, -0.1) is 24.2 Å². The van der Waals surface area contributed by atoms with Crippen LogP contribution in [0.2, 0.25) is 0 Å². The molecule has 1 aliphatic carbocycles. The van der Waals surface area contributed by atoms with Crippen molar-refractivity contribution in [2.45, 2.75) is 54.2 Å². The van der Waals surface area contributed by atoms with Crippen molar-refractivity contribution >= 4 is 30.1 Å². The summed E-state index contributed by atoms with van der Waals surface area (Å²) in [5.41, 5.74) is 0. The molecule has 0 bridgehead atoms. The molecule has 128 valence electrons. The van der Waals surface area contributed by atoms with E-state index in [4.69, 9.17) is 0 Å². The van der Waals surface area contributed by atoms with Crippen molar-refractivity contribution in [3.05, 3.63) is 30.3 Å². The van der Waals surface area contributed by atoms with E-state index in [-0.39, 0.29) is 17.2 Å². The molecule has 2 fully saturated rings. The molecule has 1 amide bonds. The molecule has 3 nitrogen and oxygen atoms in total. The van der Waals surface area contributed by atoms with E-state index in [1.807, 2.05) is 13.1 Å². The maximum absolute atomic E-state index is 13.3. The Morgan fingerprint density at radius 1 is 1.22 bits per heavy atom. The molecule has 0 spiro atoms. The Bertz CT molecular complexity index is 505. The Labute approximate surface area is 150 Å². The first-order valence-corrected chi connectivity index (χ1v) is 9.26. The first-order valence-electron chi connectivity index (χ1n) is 8.44. The summed E-state index contributed by atoms with van der Waals surface area (Å²) in [5.74, 6) is 0.374. The second-order valence-electron chi connectivity index (χ2n) is 6.50. The van der Waals surface area contributed by atoms with Crippen molar-refractivity contribution in [1.82, 2.24) is 10.2 Å². The average molecular weight is 355 g/mol. The number of rotatable bonds is 4. The van der Waals surface area contributed by atoms with Crippen molar-refractivity contribution in [3.8, 4) is 0 Å². The number of hydrogen-bond donors (Lipinski definition) is 1. The fourth-order valence-electron chi connectivity index (χ4n) is 3.71. The largest absolute Gasteiger partial charge is 0.340 e. The minimum absolute atomic E-state index is 0. The third-order valence-electron chi connectivity index (χ3n) is 4.97. The molecule has 1 saturated carbocycles. The van der Waals surface area contributed by atoms with Gasteiger partial charge in [-0.25, -0.2) is 0 Å². The highest BCUT2D eigenvalue weighted by atomic mass is 35.5. The fourth-order valence-corrected chi connectivity index (χ4v) is 5.16. The van der Waals surface area contributed by atoms with Gasteiger partial charge in [-0.1, -0.05) is 31.0 Å². The van der Waals surface area contributed by atoms with Crippen LogP contribution in [0.3, 0.4) is 0 Å². The highest BCUT2D eigenvalue weighted by Crippen LogP contribution is 2.46. The van der Waals surface area contributed by atoms with Gasteiger partial charge < -0.3 is 10.2 Å². The number of halogens is 1. The molecule has 1 aromatic carbocycles. The standard InChI is InChI=1S/C18H26N2OS.ClH/c1-19-15-8-7-13-20(14-15)17(21)18(11-5-6-12-18)22-16-9-3-2-4-10-16;/h2-4,9-10,15,19H,5-8,11-14H2,1H3;1H. The zero-order valence-corrected chi connectivity index (χ0v) is 15.4. The van der Waals surface area contributed by atoms with Gasteiger partial charge >= 0.3 is 0 Å². The van der Waals surface area contributed by atoms with Crippen LogP contribution in [-0.2, 0) is 4.79 Å². The van der Waals surface area contributed by atoms with Gasteiger partial charge in [0.05, 0.1) is 4.75 Å². The Morgan fingerprint density at radius 2 is 1.91 bits per heavy atom. The van der Waals surface area contributed by atoms with E-state index < -0.39 is 0 Å². The maximum Gasteiger partial charge on any atom is 0.239 e. The number of piperidine rings is 1. The zero-order chi connectivity index (χ0) is 15.4. The van der Waals surface area contributed by atoms with Crippen LogP contribution >= 0.6 is 24.2 Å². The number of amides is 1. The predicted molar refractivity (Wildman–Crippen MR) is 99.4 cm³/mol. The quantitative estimate of drug-likeness (QED) is 0.894. The Balaban J connectivity index is 0.00000192. The lowest BCUT2D eigenvalue weighted by Crippen LogP contribution is -2.52. The van der Waals surface area contributed by atoms with Crippen molar-refractivity contribution in [2.24, 2.45) is 0 Å². The lowest BCUT2D eigenvalue weighted by Gasteiger charge is -2.38. The van der Waals surface area contributed by atoms with Crippen molar-refractivity contribution in [3.63, 3.8) is 0 Å². The molecule has 1 saturated heterocycles. The molecule has 5 heteroatoms. The van der Waals surface area contributed by atoms with E-state index in [2.05, 4.69) is 34.5 Å². The van der Waals surface area contributed by atoms with Crippen LogP contribution in [0.5, 0.6) is 0 Å². The van der Waals surface area contributed by atoms with E-state index in [0.717, 1.165) is 32.4 Å². The van der Waals surface area contributed by atoms with Crippen LogP contribution in [0.15, 0.2) is 35.2 Å². The number of likely N-dealkylation sites (tertiary alicyclic amines) is 1. The van der Waals surface area contributed by atoms with Gasteiger partial charge in [0.25, 0.3) is 0 Å². The van der Waals surface area contributed by atoms with Gasteiger partial charge in [0, 0.05) is 24.0 Å². The Morgan fingerprint density at radius 3 is 2.57 bits per heavy atom. The first kappa shape index (κ1) is 18.6. The highest BCUT2D eigenvalue weighted by molar-refractivity contribution is 8.01. The number of nitrogens with zero attached hydrogens (tertiary/aromatic N) is 1. The van der Waals surface area contributed by atoms with E-state index in [1.54, 1.807) is 11.8 Å². The number of thioether (sulfide) groups is 1. The molecule has 1 aliphatic heterocycles. The summed E-state index contributed by atoms with van der Waals surface area (Å²) in [5, 5.41) is 3.34. The molecule has 1 heterocycles. The van der Waals surface area contributed by atoms with Gasteiger partial charge in [0.1, 0.15) is 0 Å². The second-order valence-corrected chi connectivity index (χ2v) is 7.95. The summed E-state index contributed by atoms with van der Waals surface area (Å²) in [6.07, 6.45) is 6.68. The van der Waals surface area contributed by atoms with Gasteiger partial charge in [-0.05, 0) is 44.9 Å². The third kappa shape index (κ3) is 4.23. The number of nitrogens with one attached hydrogen (secondary N) is 1. The van der Waals surface area contributed by atoms with Gasteiger partial charge in [-0.2, -0.15) is 0 Å². The van der Waals surface area contributed by atoms with Crippen LogP contribution in [0, 0.1) is 0 Å². The monoisotopic (exact) mass is 354 g/mol. The van der Waals surface area contributed by atoms with Crippen LogP contribution in [0.1, 0.15) is 38.5 Å². The Hall–Kier alpha value is -0.710. The highest BCUT2D eigenvalue weighted by Gasteiger charge is 2.45. The molecule has 3 rings (SSSR count). The summed E-state index contributed by atoms with van der Waals surface area (Å²) in [7, 11) is 2.00. The minimum atomic E-state index is -0.225. The van der Waals surface area contributed by atoms with Crippen LogP contribution in [0.25, 0.3) is 0 Å². The van der Waals surface area contributed by atoms with Gasteiger partial charge in [0.15, 0.2) is 0 Å². The number of benzene rings is 1. The number of likely N-dealkylation sites (N-methyl/N-ethyl adjacent to an activating group) is 1. The fraction of sp³-hybridized carbons (Fsp3) is 0.611. The molecule has 1 atom stereocenters. The second kappa shape index (κ2) is 8.41.